The third-order valence-corrected chi connectivity index (χ3v) is 2.81. The summed E-state index contributed by atoms with van der Waals surface area (Å²) in [5, 5.41) is 4.58. The Morgan fingerprint density at radius 2 is 1.74 bits per heavy atom. The van der Waals surface area contributed by atoms with Crippen LogP contribution in [-0.4, -0.2) is 18.5 Å². The molecule has 0 aliphatic carbocycles. The fourth-order valence-electron chi connectivity index (χ4n) is 1.71. The van der Waals surface area contributed by atoms with Crippen molar-refractivity contribution >= 4 is 17.7 Å². The van der Waals surface area contributed by atoms with Gasteiger partial charge in [-0.1, -0.05) is 30.3 Å². The number of benzene rings is 2. The molecule has 0 aromatic heterocycles. The van der Waals surface area contributed by atoms with E-state index in [0.29, 0.717) is 0 Å². The minimum absolute atomic E-state index is 0.0808. The van der Waals surface area contributed by atoms with Crippen LogP contribution in [-0.2, 0) is 16.1 Å². The van der Waals surface area contributed by atoms with Gasteiger partial charge in [-0.2, -0.15) is 0 Å². The van der Waals surface area contributed by atoms with Crippen LogP contribution < -0.4 is 10.6 Å². The highest BCUT2D eigenvalue weighted by atomic mass is 19.2. The highest BCUT2D eigenvalue weighted by Gasteiger charge is 2.08. The number of rotatable bonds is 5. The van der Waals surface area contributed by atoms with Crippen LogP contribution in [0.3, 0.4) is 0 Å². The van der Waals surface area contributed by atoms with Gasteiger partial charge in [-0.25, -0.2) is 13.6 Å². The molecule has 0 saturated carbocycles. The van der Waals surface area contributed by atoms with E-state index in [1.165, 1.54) is 6.07 Å². The van der Waals surface area contributed by atoms with E-state index in [-0.39, 0.29) is 18.8 Å². The third-order valence-electron chi connectivity index (χ3n) is 2.81. The maximum absolute atomic E-state index is 13.0. The van der Waals surface area contributed by atoms with Crippen molar-refractivity contribution in [2.45, 2.75) is 6.61 Å². The second-order valence-electron chi connectivity index (χ2n) is 4.59. The lowest BCUT2D eigenvalue weighted by molar-refractivity contribution is -0.115. The topological polar surface area (TPSA) is 67.4 Å². The van der Waals surface area contributed by atoms with E-state index in [2.05, 4.69) is 10.6 Å². The van der Waals surface area contributed by atoms with Gasteiger partial charge in [-0.05, 0) is 17.7 Å². The van der Waals surface area contributed by atoms with Crippen LogP contribution in [0.25, 0.3) is 0 Å². The van der Waals surface area contributed by atoms with E-state index in [4.69, 9.17) is 4.74 Å². The quantitative estimate of drug-likeness (QED) is 0.890. The number of hydrogen-bond donors (Lipinski definition) is 2. The first-order valence-corrected chi connectivity index (χ1v) is 6.74. The van der Waals surface area contributed by atoms with Crippen LogP contribution in [0.15, 0.2) is 48.5 Å². The number of amides is 2. The van der Waals surface area contributed by atoms with Crippen molar-refractivity contribution in [2.24, 2.45) is 0 Å². The molecular weight excluding hydrogens is 306 g/mol. The van der Waals surface area contributed by atoms with Gasteiger partial charge < -0.3 is 15.4 Å². The molecule has 7 heteroatoms. The van der Waals surface area contributed by atoms with Gasteiger partial charge in [-0.3, -0.25) is 4.79 Å². The van der Waals surface area contributed by atoms with E-state index in [1.54, 1.807) is 12.1 Å². The molecule has 0 fully saturated rings. The number of carbonyl (C=O) groups is 2. The number of carbonyl (C=O) groups excluding carboxylic acids is 2. The summed E-state index contributed by atoms with van der Waals surface area (Å²) in [5.74, 6) is -2.67. The van der Waals surface area contributed by atoms with Crippen molar-refractivity contribution in [3.63, 3.8) is 0 Å². The van der Waals surface area contributed by atoms with Gasteiger partial charge in [-0.15, -0.1) is 0 Å². The maximum Gasteiger partial charge on any atom is 0.407 e. The predicted molar refractivity (Wildman–Crippen MR) is 79.6 cm³/mol. The number of hydrogen-bond acceptors (Lipinski definition) is 3. The summed E-state index contributed by atoms with van der Waals surface area (Å²) in [7, 11) is 0. The van der Waals surface area contributed by atoms with E-state index >= 15 is 0 Å². The number of ether oxygens (including phenoxy) is 1. The molecule has 2 aromatic carbocycles. The Balaban J connectivity index is 1.73. The molecule has 2 aromatic rings. The Bertz CT molecular complexity index is 693. The molecule has 0 radical (unpaired) electrons. The average molecular weight is 320 g/mol. The van der Waals surface area contributed by atoms with E-state index in [9.17, 15) is 18.4 Å². The number of nitrogens with one attached hydrogen (secondary N) is 2. The summed E-state index contributed by atoms with van der Waals surface area (Å²) in [5.41, 5.74) is 0.905. The zero-order valence-corrected chi connectivity index (χ0v) is 12.0. The zero-order valence-electron chi connectivity index (χ0n) is 12.0. The Hall–Kier alpha value is -2.96. The van der Waals surface area contributed by atoms with Crippen molar-refractivity contribution in [3.8, 4) is 0 Å². The second kappa shape index (κ2) is 7.88. The highest BCUT2D eigenvalue weighted by Crippen LogP contribution is 2.12. The first-order chi connectivity index (χ1) is 11.0. The summed E-state index contributed by atoms with van der Waals surface area (Å²) in [6.45, 7) is -0.274. The normalized spacial score (nSPS) is 10.0. The number of alkyl carbamates (subject to hydrolysis) is 1. The second-order valence-corrected chi connectivity index (χ2v) is 4.59. The summed E-state index contributed by atoms with van der Waals surface area (Å²) in [6.07, 6.45) is -0.755. The molecule has 0 saturated heterocycles. The lowest BCUT2D eigenvalue weighted by atomic mass is 10.2. The third kappa shape index (κ3) is 5.39. The largest absolute Gasteiger partial charge is 0.445 e. The molecule has 2 amide bonds. The SMILES string of the molecule is O=C(CNC(=O)OCc1ccccc1)Nc1ccc(F)c(F)c1. The monoisotopic (exact) mass is 320 g/mol. The minimum Gasteiger partial charge on any atom is -0.445 e. The van der Waals surface area contributed by atoms with Crippen LogP contribution in [0.2, 0.25) is 0 Å². The summed E-state index contributed by atoms with van der Waals surface area (Å²) in [6, 6.07) is 12.0. The Morgan fingerprint density at radius 1 is 1.00 bits per heavy atom. The van der Waals surface area contributed by atoms with E-state index in [1.807, 2.05) is 18.2 Å². The predicted octanol–water partition coefficient (Wildman–Crippen LogP) is 2.83. The fourth-order valence-corrected chi connectivity index (χ4v) is 1.71. The van der Waals surface area contributed by atoms with Gasteiger partial charge >= 0.3 is 6.09 Å². The van der Waals surface area contributed by atoms with Crippen molar-refractivity contribution in [2.75, 3.05) is 11.9 Å². The lowest BCUT2D eigenvalue weighted by Crippen LogP contribution is -2.33. The maximum atomic E-state index is 13.0. The van der Waals surface area contributed by atoms with E-state index in [0.717, 1.165) is 17.7 Å². The Labute approximate surface area is 131 Å². The minimum atomic E-state index is -1.07. The molecule has 2 rings (SSSR count). The van der Waals surface area contributed by atoms with Gasteiger partial charge in [0, 0.05) is 11.8 Å². The summed E-state index contributed by atoms with van der Waals surface area (Å²) >= 11 is 0. The molecule has 0 spiro atoms. The average Bonchev–Trinajstić information content (AvgIpc) is 2.55. The number of anilines is 1. The Kier molecular flexibility index (Phi) is 5.62. The van der Waals surface area contributed by atoms with E-state index < -0.39 is 23.6 Å². The molecule has 0 bridgehead atoms. The van der Waals surface area contributed by atoms with Crippen molar-refractivity contribution in [1.29, 1.82) is 0 Å². The molecule has 5 nitrogen and oxygen atoms in total. The fraction of sp³-hybridized carbons (Fsp3) is 0.125. The molecule has 0 aliphatic rings. The highest BCUT2D eigenvalue weighted by molar-refractivity contribution is 5.93. The molecule has 23 heavy (non-hydrogen) atoms. The van der Waals surface area contributed by atoms with Gasteiger partial charge in [0.05, 0.1) is 0 Å². The molecular formula is C16H14F2N2O3. The molecule has 0 aliphatic heterocycles. The summed E-state index contributed by atoms with van der Waals surface area (Å²) in [4.78, 5) is 23.0. The zero-order chi connectivity index (χ0) is 16.7. The van der Waals surface area contributed by atoms with Gasteiger partial charge in [0.15, 0.2) is 11.6 Å². The van der Waals surface area contributed by atoms with Crippen LogP contribution in [0.4, 0.5) is 19.3 Å². The van der Waals surface area contributed by atoms with Crippen molar-refractivity contribution < 1.29 is 23.1 Å². The van der Waals surface area contributed by atoms with Crippen LogP contribution in [0.1, 0.15) is 5.56 Å². The van der Waals surface area contributed by atoms with Gasteiger partial charge in [0.1, 0.15) is 13.2 Å². The molecule has 0 heterocycles. The Morgan fingerprint density at radius 3 is 2.43 bits per heavy atom. The first kappa shape index (κ1) is 16.4. The van der Waals surface area contributed by atoms with Crippen LogP contribution in [0, 0.1) is 11.6 Å². The smallest absolute Gasteiger partial charge is 0.407 e. The molecule has 120 valence electrons. The van der Waals surface area contributed by atoms with Crippen LogP contribution in [0.5, 0.6) is 0 Å². The summed E-state index contributed by atoms with van der Waals surface area (Å²) < 4.78 is 30.7. The standard InChI is InChI=1S/C16H14F2N2O3/c17-13-7-6-12(8-14(13)18)20-15(21)9-19-16(22)23-10-11-4-2-1-3-5-11/h1-8H,9-10H2,(H,19,22)(H,20,21). The molecule has 0 unspecified atom stereocenters. The van der Waals surface area contributed by atoms with Crippen molar-refractivity contribution in [1.82, 2.24) is 5.32 Å². The first-order valence-electron chi connectivity index (χ1n) is 6.74. The number of halogens is 2. The molecule has 0 atom stereocenters. The molecule has 2 N–H and O–H groups in total. The lowest BCUT2D eigenvalue weighted by Gasteiger charge is -2.08. The van der Waals surface area contributed by atoms with Crippen molar-refractivity contribution in [3.05, 3.63) is 65.7 Å². The van der Waals surface area contributed by atoms with Gasteiger partial charge in [0.25, 0.3) is 0 Å². The van der Waals surface area contributed by atoms with Crippen LogP contribution >= 0.6 is 0 Å². The van der Waals surface area contributed by atoms with Gasteiger partial charge in [0.2, 0.25) is 5.91 Å².